The summed E-state index contributed by atoms with van der Waals surface area (Å²) in [5.74, 6) is -0.267. The number of ether oxygens (including phenoxy) is 1. The number of aliphatic hydroxyl groups is 1. The molecule has 13 heavy (non-hydrogen) atoms. The molecule has 0 aliphatic heterocycles. The molecular weight excluding hydrogens is 168 g/mol. The summed E-state index contributed by atoms with van der Waals surface area (Å²) in [5, 5.41) is 9.72. The maximum absolute atomic E-state index is 11.0. The number of hydrogen-bond acceptors (Lipinski definition) is 3. The van der Waals surface area contributed by atoms with Gasteiger partial charge in [-0.3, -0.25) is 4.79 Å². The summed E-state index contributed by atoms with van der Waals surface area (Å²) < 4.78 is 4.74. The van der Waals surface area contributed by atoms with Crippen molar-refractivity contribution in [1.29, 1.82) is 0 Å². The van der Waals surface area contributed by atoms with Crippen molar-refractivity contribution >= 4 is 5.97 Å². The van der Waals surface area contributed by atoms with Crippen LogP contribution in [0.1, 0.15) is 33.1 Å². The molecular formula is C10H18O3. The molecule has 0 aromatic heterocycles. The molecule has 0 heterocycles. The predicted octanol–water partition coefficient (Wildman–Crippen LogP) is 1.66. The Hall–Kier alpha value is -0.830. The van der Waals surface area contributed by atoms with Gasteiger partial charge in [0.25, 0.3) is 0 Å². The van der Waals surface area contributed by atoms with E-state index in [1.54, 1.807) is 6.92 Å². The average molecular weight is 186 g/mol. The van der Waals surface area contributed by atoms with Crippen LogP contribution in [0.5, 0.6) is 0 Å². The number of hydrogen-bond donors (Lipinski definition) is 1. The second kappa shape index (κ2) is 5.75. The Labute approximate surface area is 79.4 Å². The minimum Gasteiger partial charge on any atom is -0.466 e. The van der Waals surface area contributed by atoms with Gasteiger partial charge in [-0.2, -0.15) is 0 Å². The monoisotopic (exact) mass is 186 g/mol. The van der Waals surface area contributed by atoms with Crippen LogP contribution >= 0.6 is 0 Å². The number of rotatable bonds is 6. The Bertz CT molecular complexity index is 177. The first kappa shape index (κ1) is 12.2. The van der Waals surface area contributed by atoms with Crippen molar-refractivity contribution in [2.75, 3.05) is 6.61 Å². The molecule has 0 saturated carbocycles. The fraction of sp³-hybridized carbons (Fsp3) is 0.700. The molecule has 0 rings (SSSR count). The summed E-state index contributed by atoms with van der Waals surface area (Å²) in [6.07, 6.45) is 2.66. The summed E-state index contributed by atoms with van der Waals surface area (Å²) in [5.41, 5.74) is -0.924. The minimum atomic E-state index is -0.924. The fourth-order valence-electron chi connectivity index (χ4n) is 0.975. The molecule has 76 valence electrons. The Kier molecular flexibility index (Phi) is 5.39. The van der Waals surface area contributed by atoms with Gasteiger partial charge in [-0.1, -0.05) is 13.0 Å². The van der Waals surface area contributed by atoms with Crippen LogP contribution in [-0.2, 0) is 9.53 Å². The molecule has 0 spiro atoms. The number of esters is 1. The van der Waals surface area contributed by atoms with Gasteiger partial charge in [0.05, 0.1) is 12.2 Å². The van der Waals surface area contributed by atoms with Gasteiger partial charge < -0.3 is 9.84 Å². The van der Waals surface area contributed by atoms with Gasteiger partial charge in [0.1, 0.15) is 0 Å². The van der Waals surface area contributed by atoms with Crippen molar-refractivity contribution in [2.24, 2.45) is 0 Å². The number of carbonyl (C=O) groups excluding carboxylic acids is 1. The van der Waals surface area contributed by atoms with Crippen molar-refractivity contribution in [3.05, 3.63) is 12.7 Å². The zero-order valence-electron chi connectivity index (χ0n) is 8.38. The summed E-state index contributed by atoms with van der Waals surface area (Å²) in [6.45, 7) is 7.53. The summed E-state index contributed by atoms with van der Waals surface area (Å²) in [4.78, 5) is 11.0. The molecule has 3 heteroatoms. The van der Waals surface area contributed by atoms with Crippen LogP contribution in [-0.4, -0.2) is 23.3 Å². The Morgan fingerprint density at radius 2 is 2.23 bits per heavy atom. The second-order valence-electron chi connectivity index (χ2n) is 2.97. The molecule has 1 N–H and O–H groups in total. The first-order valence-corrected chi connectivity index (χ1v) is 4.59. The predicted molar refractivity (Wildman–Crippen MR) is 51.3 cm³/mol. The highest BCUT2D eigenvalue weighted by Crippen LogP contribution is 2.18. The second-order valence-corrected chi connectivity index (χ2v) is 2.97. The van der Waals surface area contributed by atoms with Gasteiger partial charge in [-0.25, -0.2) is 0 Å². The van der Waals surface area contributed by atoms with E-state index in [0.717, 1.165) is 0 Å². The van der Waals surface area contributed by atoms with Gasteiger partial charge in [0.2, 0.25) is 0 Å². The molecule has 0 bridgehead atoms. The highest BCUT2D eigenvalue weighted by molar-refractivity contribution is 5.69. The van der Waals surface area contributed by atoms with E-state index in [-0.39, 0.29) is 12.4 Å². The number of carbonyl (C=O) groups is 1. The average Bonchev–Trinajstić information content (AvgIpc) is 2.15. The SMILES string of the molecule is C=CC(O)(CC)CCC(=O)OCC. The van der Waals surface area contributed by atoms with E-state index >= 15 is 0 Å². The van der Waals surface area contributed by atoms with Crippen molar-refractivity contribution in [2.45, 2.75) is 38.7 Å². The minimum absolute atomic E-state index is 0.240. The maximum atomic E-state index is 11.0. The van der Waals surface area contributed by atoms with Crippen molar-refractivity contribution in [1.82, 2.24) is 0 Å². The molecule has 1 atom stereocenters. The standard InChI is InChI=1S/C10H18O3/c1-4-10(12,5-2)8-7-9(11)13-6-3/h4,12H,1,5-8H2,2-3H3. The molecule has 1 unspecified atom stereocenters. The van der Waals surface area contributed by atoms with E-state index in [4.69, 9.17) is 4.74 Å². The van der Waals surface area contributed by atoms with Crippen LogP contribution in [0.2, 0.25) is 0 Å². The smallest absolute Gasteiger partial charge is 0.305 e. The third-order valence-electron chi connectivity index (χ3n) is 2.06. The summed E-state index contributed by atoms with van der Waals surface area (Å²) >= 11 is 0. The van der Waals surface area contributed by atoms with Crippen LogP contribution in [0, 0.1) is 0 Å². The van der Waals surface area contributed by atoms with Crippen molar-refractivity contribution in [3.8, 4) is 0 Å². The van der Waals surface area contributed by atoms with Crippen LogP contribution < -0.4 is 0 Å². The first-order valence-electron chi connectivity index (χ1n) is 4.59. The van der Waals surface area contributed by atoms with Crippen LogP contribution in [0.3, 0.4) is 0 Å². The third kappa shape index (κ3) is 4.68. The van der Waals surface area contributed by atoms with E-state index in [0.29, 0.717) is 19.4 Å². The zero-order valence-corrected chi connectivity index (χ0v) is 8.38. The summed E-state index contributed by atoms with van der Waals surface area (Å²) in [6, 6.07) is 0. The molecule has 3 nitrogen and oxygen atoms in total. The van der Waals surface area contributed by atoms with Gasteiger partial charge in [0.15, 0.2) is 0 Å². The highest BCUT2D eigenvalue weighted by Gasteiger charge is 2.21. The Morgan fingerprint density at radius 3 is 2.62 bits per heavy atom. The fourth-order valence-corrected chi connectivity index (χ4v) is 0.975. The molecule has 0 saturated heterocycles. The molecule has 0 amide bonds. The lowest BCUT2D eigenvalue weighted by Gasteiger charge is -2.21. The summed E-state index contributed by atoms with van der Waals surface area (Å²) in [7, 11) is 0. The van der Waals surface area contributed by atoms with Crippen LogP contribution in [0.15, 0.2) is 12.7 Å². The van der Waals surface area contributed by atoms with E-state index in [1.165, 1.54) is 6.08 Å². The molecule has 0 fully saturated rings. The van der Waals surface area contributed by atoms with E-state index in [1.807, 2.05) is 6.92 Å². The normalized spacial score (nSPS) is 14.7. The van der Waals surface area contributed by atoms with Gasteiger partial charge in [-0.05, 0) is 19.8 Å². The lowest BCUT2D eigenvalue weighted by atomic mass is 9.95. The Balaban J connectivity index is 3.85. The molecule has 0 aromatic carbocycles. The molecule has 0 aliphatic rings. The van der Waals surface area contributed by atoms with Gasteiger partial charge in [-0.15, -0.1) is 6.58 Å². The third-order valence-corrected chi connectivity index (χ3v) is 2.06. The largest absolute Gasteiger partial charge is 0.466 e. The van der Waals surface area contributed by atoms with Gasteiger partial charge >= 0.3 is 5.97 Å². The zero-order chi connectivity index (χ0) is 10.3. The molecule has 0 radical (unpaired) electrons. The quantitative estimate of drug-likeness (QED) is 0.507. The van der Waals surface area contributed by atoms with Crippen LogP contribution in [0.4, 0.5) is 0 Å². The van der Waals surface area contributed by atoms with E-state index in [2.05, 4.69) is 6.58 Å². The van der Waals surface area contributed by atoms with Crippen molar-refractivity contribution in [3.63, 3.8) is 0 Å². The Morgan fingerprint density at radius 1 is 1.62 bits per heavy atom. The van der Waals surface area contributed by atoms with Crippen LogP contribution in [0.25, 0.3) is 0 Å². The molecule has 0 aliphatic carbocycles. The highest BCUT2D eigenvalue weighted by atomic mass is 16.5. The maximum Gasteiger partial charge on any atom is 0.305 e. The van der Waals surface area contributed by atoms with Crippen molar-refractivity contribution < 1.29 is 14.6 Å². The van der Waals surface area contributed by atoms with E-state index in [9.17, 15) is 9.90 Å². The van der Waals surface area contributed by atoms with E-state index < -0.39 is 5.60 Å². The topological polar surface area (TPSA) is 46.5 Å². The lowest BCUT2D eigenvalue weighted by molar-refractivity contribution is -0.144. The van der Waals surface area contributed by atoms with Gasteiger partial charge in [0, 0.05) is 6.42 Å². The molecule has 0 aromatic rings. The lowest BCUT2D eigenvalue weighted by Crippen LogP contribution is -2.25. The first-order chi connectivity index (χ1) is 6.08.